The van der Waals surface area contributed by atoms with Crippen LogP contribution in [0.5, 0.6) is 0 Å². The molecular weight excluding hydrogens is 298 g/mol. The third kappa shape index (κ3) is 3.25. The lowest BCUT2D eigenvalue weighted by Gasteiger charge is -2.33. The van der Waals surface area contributed by atoms with Gasteiger partial charge in [0, 0.05) is 44.6 Å². The maximum Gasteiger partial charge on any atom is 0.293 e. The van der Waals surface area contributed by atoms with E-state index in [-0.39, 0.29) is 23.2 Å². The fourth-order valence-corrected chi connectivity index (χ4v) is 2.72. The predicted octanol–water partition coefficient (Wildman–Crippen LogP) is 0.476. The number of hydrogen-bond acceptors (Lipinski definition) is 6. The summed E-state index contributed by atoms with van der Waals surface area (Å²) in [4.78, 5) is 30.4. The Morgan fingerprint density at radius 3 is 3.04 bits per heavy atom. The SMILES string of the molecule is Cc1cc(C(=O)NC2CCCN(c3nccn(C)c3=O)C2)no1. The predicted molar refractivity (Wildman–Crippen MR) is 83.4 cm³/mol. The molecule has 1 saturated heterocycles. The molecule has 1 fully saturated rings. The van der Waals surface area contributed by atoms with Crippen molar-refractivity contribution in [3.05, 3.63) is 40.3 Å². The molecule has 1 N–H and O–H groups in total. The number of amides is 1. The van der Waals surface area contributed by atoms with Crippen LogP contribution in [0.15, 0.2) is 27.8 Å². The van der Waals surface area contributed by atoms with Crippen LogP contribution in [0.3, 0.4) is 0 Å². The van der Waals surface area contributed by atoms with Gasteiger partial charge in [-0.3, -0.25) is 9.59 Å². The Morgan fingerprint density at radius 1 is 1.48 bits per heavy atom. The van der Waals surface area contributed by atoms with E-state index in [4.69, 9.17) is 4.52 Å². The third-order valence-electron chi connectivity index (χ3n) is 3.92. The summed E-state index contributed by atoms with van der Waals surface area (Å²) in [7, 11) is 1.70. The second-order valence-corrected chi connectivity index (χ2v) is 5.75. The first-order valence-electron chi connectivity index (χ1n) is 7.55. The number of rotatable bonds is 3. The van der Waals surface area contributed by atoms with Gasteiger partial charge in [-0.05, 0) is 19.8 Å². The molecule has 0 saturated carbocycles. The minimum Gasteiger partial charge on any atom is -0.361 e. The summed E-state index contributed by atoms with van der Waals surface area (Å²) in [6.07, 6.45) is 4.97. The van der Waals surface area contributed by atoms with E-state index in [1.54, 1.807) is 32.4 Å². The van der Waals surface area contributed by atoms with E-state index in [0.29, 0.717) is 18.1 Å². The average Bonchev–Trinajstić information content (AvgIpc) is 2.97. The minimum atomic E-state index is -0.261. The van der Waals surface area contributed by atoms with Gasteiger partial charge in [-0.1, -0.05) is 5.16 Å². The van der Waals surface area contributed by atoms with Crippen molar-refractivity contribution in [2.45, 2.75) is 25.8 Å². The summed E-state index contributed by atoms with van der Waals surface area (Å²) in [5.74, 6) is 0.756. The number of nitrogens with one attached hydrogen (secondary N) is 1. The lowest BCUT2D eigenvalue weighted by Crippen LogP contribution is -2.49. The Bertz CT molecular complexity index is 766. The summed E-state index contributed by atoms with van der Waals surface area (Å²) in [5, 5.41) is 6.66. The number of aromatic nitrogens is 3. The van der Waals surface area contributed by atoms with Crippen LogP contribution in [-0.2, 0) is 7.05 Å². The van der Waals surface area contributed by atoms with E-state index < -0.39 is 0 Å². The van der Waals surface area contributed by atoms with Gasteiger partial charge < -0.3 is 19.3 Å². The summed E-state index contributed by atoms with van der Waals surface area (Å²) in [6, 6.07) is 1.55. The monoisotopic (exact) mass is 317 g/mol. The highest BCUT2D eigenvalue weighted by Crippen LogP contribution is 2.15. The number of anilines is 1. The zero-order valence-electron chi connectivity index (χ0n) is 13.2. The maximum absolute atomic E-state index is 12.2. The van der Waals surface area contributed by atoms with Crippen molar-refractivity contribution in [3.8, 4) is 0 Å². The topological polar surface area (TPSA) is 93.3 Å². The molecule has 3 heterocycles. The van der Waals surface area contributed by atoms with E-state index >= 15 is 0 Å². The molecule has 2 aromatic heterocycles. The Kier molecular flexibility index (Phi) is 4.14. The van der Waals surface area contributed by atoms with Crippen LogP contribution in [0.25, 0.3) is 0 Å². The fraction of sp³-hybridized carbons (Fsp3) is 0.467. The largest absolute Gasteiger partial charge is 0.361 e. The Hall–Kier alpha value is -2.64. The zero-order valence-corrected chi connectivity index (χ0v) is 13.2. The van der Waals surface area contributed by atoms with Gasteiger partial charge in [-0.15, -0.1) is 0 Å². The van der Waals surface area contributed by atoms with E-state index in [0.717, 1.165) is 19.4 Å². The van der Waals surface area contributed by atoms with Gasteiger partial charge in [-0.2, -0.15) is 0 Å². The molecule has 0 bridgehead atoms. The normalized spacial score (nSPS) is 18.0. The van der Waals surface area contributed by atoms with Crippen LogP contribution >= 0.6 is 0 Å². The number of piperidine rings is 1. The van der Waals surface area contributed by atoms with Crippen molar-refractivity contribution in [2.24, 2.45) is 7.05 Å². The average molecular weight is 317 g/mol. The number of aryl methyl sites for hydroxylation is 2. The fourth-order valence-electron chi connectivity index (χ4n) is 2.72. The molecule has 0 radical (unpaired) electrons. The molecule has 3 rings (SSSR count). The molecule has 0 aromatic carbocycles. The molecular formula is C15H19N5O3. The van der Waals surface area contributed by atoms with E-state index in [9.17, 15) is 9.59 Å². The van der Waals surface area contributed by atoms with Crippen LogP contribution < -0.4 is 15.8 Å². The highest BCUT2D eigenvalue weighted by Gasteiger charge is 2.25. The summed E-state index contributed by atoms with van der Waals surface area (Å²) < 4.78 is 6.42. The first-order valence-corrected chi connectivity index (χ1v) is 7.55. The molecule has 122 valence electrons. The van der Waals surface area contributed by atoms with Gasteiger partial charge >= 0.3 is 0 Å². The first-order chi connectivity index (χ1) is 11.0. The summed E-state index contributed by atoms with van der Waals surface area (Å²) in [5.41, 5.74) is 0.139. The lowest BCUT2D eigenvalue weighted by atomic mass is 10.1. The van der Waals surface area contributed by atoms with Crippen molar-refractivity contribution in [1.82, 2.24) is 20.0 Å². The maximum atomic E-state index is 12.2. The Morgan fingerprint density at radius 2 is 2.30 bits per heavy atom. The lowest BCUT2D eigenvalue weighted by molar-refractivity contribution is 0.0924. The molecule has 23 heavy (non-hydrogen) atoms. The third-order valence-corrected chi connectivity index (χ3v) is 3.92. The van der Waals surface area contributed by atoms with Crippen molar-refractivity contribution in [1.29, 1.82) is 0 Å². The molecule has 8 nitrogen and oxygen atoms in total. The highest BCUT2D eigenvalue weighted by atomic mass is 16.5. The van der Waals surface area contributed by atoms with Gasteiger partial charge in [-0.25, -0.2) is 4.98 Å². The molecule has 1 atom stereocenters. The minimum absolute atomic E-state index is 0.0556. The second-order valence-electron chi connectivity index (χ2n) is 5.75. The first kappa shape index (κ1) is 15.3. The van der Waals surface area contributed by atoms with Crippen LogP contribution in [0, 0.1) is 6.92 Å². The molecule has 1 aliphatic rings. The Balaban J connectivity index is 1.70. The van der Waals surface area contributed by atoms with Gasteiger partial charge in [0.25, 0.3) is 11.5 Å². The van der Waals surface area contributed by atoms with E-state index in [2.05, 4.69) is 15.5 Å². The van der Waals surface area contributed by atoms with Crippen molar-refractivity contribution in [3.63, 3.8) is 0 Å². The summed E-state index contributed by atoms with van der Waals surface area (Å²) >= 11 is 0. The molecule has 8 heteroatoms. The van der Waals surface area contributed by atoms with Crippen molar-refractivity contribution < 1.29 is 9.32 Å². The van der Waals surface area contributed by atoms with Crippen molar-refractivity contribution in [2.75, 3.05) is 18.0 Å². The van der Waals surface area contributed by atoms with Gasteiger partial charge in [0.05, 0.1) is 0 Å². The summed E-state index contributed by atoms with van der Waals surface area (Å²) in [6.45, 7) is 3.04. The number of nitrogens with zero attached hydrogens (tertiary/aromatic N) is 4. The number of hydrogen-bond donors (Lipinski definition) is 1. The molecule has 1 amide bonds. The smallest absolute Gasteiger partial charge is 0.293 e. The zero-order chi connectivity index (χ0) is 16.4. The second kappa shape index (κ2) is 6.23. The molecule has 1 aliphatic heterocycles. The number of carbonyl (C=O) groups excluding carboxylic acids is 1. The molecule has 0 spiro atoms. The molecule has 1 unspecified atom stereocenters. The van der Waals surface area contributed by atoms with Crippen LogP contribution in [0.1, 0.15) is 29.1 Å². The van der Waals surface area contributed by atoms with Gasteiger partial charge in [0.1, 0.15) is 5.76 Å². The molecule has 0 aliphatic carbocycles. The molecule has 2 aromatic rings. The van der Waals surface area contributed by atoms with E-state index in [1.807, 2.05) is 4.90 Å². The van der Waals surface area contributed by atoms with Crippen LogP contribution in [0.2, 0.25) is 0 Å². The Labute approximate surface area is 133 Å². The highest BCUT2D eigenvalue weighted by molar-refractivity contribution is 5.92. The van der Waals surface area contributed by atoms with Gasteiger partial charge in [0.2, 0.25) is 0 Å². The van der Waals surface area contributed by atoms with Crippen LogP contribution in [0.4, 0.5) is 5.82 Å². The quantitative estimate of drug-likeness (QED) is 0.885. The van der Waals surface area contributed by atoms with Crippen LogP contribution in [-0.4, -0.2) is 39.7 Å². The standard InChI is InChI=1S/C15H19N5O3/c1-10-8-12(18-23-10)14(21)17-11-4-3-6-20(9-11)13-15(22)19(2)7-5-16-13/h5,7-8,11H,3-4,6,9H2,1-2H3,(H,17,21). The number of carbonyl (C=O) groups is 1. The van der Waals surface area contributed by atoms with Crippen molar-refractivity contribution >= 4 is 11.7 Å². The van der Waals surface area contributed by atoms with Gasteiger partial charge in [0.15, 0.2) is 11.5 Å². The van der Waals surface area contributed by atoms with E-state index in [1.165, 1.54) is 4.57 Å².